The molecular formula is C15H19NO3. The van der Waals surface area contributed by atoms with Crippen LogP contribution < -0.4 is 5.32 Å². The van der Waals surface area contributed by atoms with Crippen molar-refractivity contribution in [3.63, 3.8) is 0 Å². The summed E-state index contributed by atoms with van der Waals surface area (Å²) < 4.78 is 10.8. The minimum Gasteiger partial charge on any atom is -0.451 e. The zero-order valence-electron chi connectivity index (χ0n) is 11.5. The molecule has 2 aromatic rings. The number of amides is 1. The van der Waals surface area contributed by atoms with Crippen molar-refractivity contribution >= 4 is 16.9 Å². The van der Waals surface area contributed by atoms with E-state index in [4.69, 9.17) is 9.15 Å². The van der Waals surface area contributed by atoms with Crippen molar-refractivity contribution in [1.29, 1.82) is 0 Å². The number of rotatable bonds is 5. The first-order valence-corrected chi connectivity index (χ1v) is 6.47. The molecule has 1 aromatic carbocycles. The van der Waals surface area contributed by atoms with E-state index >= 15 is 0 Å². The fraction of sp³-hybridized carbons (Fsp3) is 0.400. The molecule has 1 N–H and O–H groups in total. The Kier molecular flexibility index (Phi) is 4.22. The van der Waals surface area contributed by atoms with Gasteiger partial charge in [-0.15, -0.1) is 0 Å². The number of nitrogens with one attached hydrogen (secondary N) is 1. The Labute approximate surface area is 112 Å². The normalized spacial score (nSPS) is 12.6. The molecule has 0 aliphatic rings. The van der Waals surface area contributed by atoms with Gasteiger partial charge in [-0.2, -0.15) is 0 Å². The van der Waals surface area contributed by atoms with Crippen LogP contribution in [0.3, 0.4) is 0 Å². The van der Waals surface area contributed by atoms with Crippen LogP contribution in [0.2, 0.25) is 0 Å². The van der Waals surface area contributed by atoms with Gasteiger partial charge in [0.2, 0.25) is 0 Å². The van der Waals surface area contributed by atoms with Gasteiger partial charge in [-0.25, -0.2) is 0 Å². The first-order valence-electron chi connectivity index (χ1n) is 6.47. The summed E-state index contributed by atoms with van der Waals surface area (Å²) in [6.07, 6.45) is 0.881. The molecule has 0 aliphatic carbocycles. The summed E-state index contributed by atoms with van der Waals surface area (Å²) in [7, 11) is 1.61. The Balaban J connectivity index is 2.41. The first kappa shape index (κ1) is 13.6. The summed E-state index contributed by atoms with van der Waals surface area (Å²) in [4.78, 5) is 12.2. The van der Waals surface area contributed by atoms with Gasteiger partial charge in [-0.3, -0.25) is 4.79 Å². The van der Waals surface area contributed by atoms with Crippen molar-refractivity contribution < 1.29 is 13.9 Å². The van der Waals surface area contributed by atoms with Crippen LogP contribution in [0.5, 0.6) is 0 Å². The molecule has 4 heteroatoms. The van der Waals surface area contributed by atoms with Gasteiger partial charge in [0, 0.05) is 24.1 Å². The highest BCUT2D eigenvalue weighted by Crippen LogP contribution is 2.26. The number of carbonyl (C=O) groups is 1. The SMILES string of the molecule is CC[C@H](C)NC(=O)c1oc2ccccc2c1COC. The van der Waals surface area contributed by atoms with Crippen molar-refractivity contribution in [1.82, 2.24) is 5.32 Å². The van der Waals surface area contributed by atoms with Crippen LogP contribution in [0.25, 0.3) is 11.0 Å². The predicted octanol–water partition coefficient (Wildman–Crippen LogP) is 3.11. The summed E-state index contributed by atoms with van der Waals surface area (Å²) in [5.74, 6) is 0.168. The zero-order chi connectivity index (χ0) is 13.8. The molecule has 1 heterocycles. The lowest BCUT2D eigenvalue weighted by atomic mass is 10.1. The first-order chi connectivity index (χ1) is 9.17. The van der Waals surface area contributed by atoms with E-state index < -0.39 is 0 Å². The number of para-hydroxylation sites is 1. The number of fused-ring (bicyclic) bond motifs is 1. The molecule has 0 saturated heterocycles. The van der Waals surface area contributed by atoms with Crippen LogP contribution in [0.15, 0.2) is 28.7 Å². The third-order valence-electron chi connectivity index (χ3n) is 3.18. The molecule has 19 heavy (non-hydrogen) atoms. The third-order valence-corrected chi connectivity index (χ3v) is 3.18. The van der Waals surface area contributed by atoms with Crippen LogP contribution in [0, 0.1) is 0 Å². The number of ether oxygens (including phenoxy) is 1. The van der Waals surface area contributed by atoms with Crippen molar-refractivity contribution in [3.8, 4) is 0 Å². The summed E-state index contributed by atoms with van der Waals surface area (Å²) >= 11 is 0. The Morgan fingerprint density at radius 3 is 2.84 bits per heavy atom. The lowest BCUT2D eigenvalue weighted by Crippen LogP contribution is -2.32. The summed E-state index contributed by atoms with van der Waals surface area (Å²) in [6.45, 7) is 4.36. The largest absolute Gasteiger partial charge is 0.451 e. The number of furan rings is 1. The molecule has 2 rings (SSSR count). The fourth-order valence-electron chi connectivity index (χ4n) is 1.96. The van der Waals surface area contributed by atoms with Gasteiger partial charge in [-0.05, 0) is 19.4 Å². The van der Waals surface area contributed by atoms with Crippen molar-refractivity contribution in [2.24, 2.45) is 0 Å². The lowest BCUT2D eigenvalue weighted by Gasteiger charge is -2.10. The highest BCUT2D eigenvalue weighted by molar-refractivity contribution is 5.99. The Morgan fingerprint density at radius 2 is 2.16 bits per heavy atom. The molecule has 1 amide bonds. The average Bonchev–Trinajstić information content (AvgIpc) is 2.78. The maximum atomic E-state index is 12.2. The number of hydrogen-bond donors (Lipinski definition) is 1. The molecule has 4 nitrogen and oxygen atoms in total. The van der Waals surface area contributed by atoms with Gasteiger partial charge < -0.3 is 14.5 Å². The topological polar surface area (TPSA) is 51.5 Å². The minimum atomic E-state index is -0.183. The van der Waals surface area contributed by atoms with Crippen LogP contribution in [-0.4, -0.2) is 19.1 Å². The molecule has 0 radical (unpaired) electrons. The summed E-state index contributed by atoms with van der Waals surface area (Å²) in [6, 6.07) is 7.73. The zero-order valence-corrected chi connectivity index (χ0v) is 11.5. The Hall–Kier alpha value is -1.81. The second kappa shape index (κ2) is 5.89. The minimum absolute atomic E-state index is 0.121. The molecule has 0 aliphatic heterocycles. The van der Waals surface area contributed by atoms with E-state index in [0.717, 1.165) is 17.4 Å². The second-order valence-corrected chi connectivity index (χ2v) is 4.62. The maximum Gasteiger partial charge on any atom is 0.287 e. The van der Waals surface area contributed by atoms with Gasteiger partial charge >= 0.3 is 0 Å². The molecule has 1 aromatic heterocycles. The number of hydrogen-bond acceptors (Lipinski definition) is 3. The summed E-state index contributed by atoms with van der Waals surface area (Å²) in [5, 5.41) is 3.85. The Bertz CT molecular complexity index is 574. The molecule has 0 bridgehead atoms. The number of carbonyl (C=O) groups excluding carboxylic acids is 1. The summed E-state index contributed by atoms with van der Waals surface area (Å²) in [5.41, 5.74) is 1.52. The van der Waals surface area contributed by atoms with Crippen molar-refractivity contribution in [2.45, 2.75) is 32.9 Å². The van der Waals surface area contributed by atoms with E-state index in [1.165, 1.54) is 0 Å². The lowest BCUT2D eigenvalue weighted by molar-refractivity contribution is 0.0907. The van der Waals surface area contributed by atoms with E-state index in [-0.39, 0.29) is 11.9 Å². The number of methoxy groups -OCH3 is 1. The second-order valence-electron chi connectivity index (χ2n) is 4.62. The molecular weight excluding hydrogens is 242 g/mol. The Morgan fingerprint density at radius 1 is 1.42 bits per heavy atom. The fourth-order valence-corrected chi connectivity index (χ4v) is 1.96. The molecule has 0 unspecified atom stereocenters. The van der Waals surface area contributed by atoms with Gasteiger partial charge in [0.25, 0.3) is 5.91 Å². The van der Waals surface area contributed by atoms with E-state index in [9.17, 15) is 4.79 Å². The monoisotopic (exact) mass is 261 g/mol. The highest BCUT2D eigenvalue weighted by Gasteiger charge is 2.20. The van der Waals surface area contributed by atoms with Crippen LogP contribution in [-0.2, 0) is 11.3 Å². The van der Waals surface area contributed by atoms with Gasteiger partial charge in [-0.1, -0.05) is 25.1 Å². The van der Waals surface area contributed by atoms with E-state index in [1.54, 1.807) is 7.11 Å². The third kappa shape index (κ3) is 2.79. The standard InChI is InChI=1S/C15H19NO3/c1-4-10(2)16-15(17)14-12(9-18-3)11-7-5-6-8-13(11)19-14/h5-8,10H,4,9H2,1-3H3,(H,16,17)/t10-/m0/s1. The van der Waals surface area contributed by atoms with Crippen molar-refractivity contribution in [2.75, 3.05) is 7.11 Å². The van der Waals surface area contributed by atoms with Crippen LogP contribution in [0.1, 0.15) is 36.4 Å². The molecule has 1 atom stereocenters. The van der Waals surface area contributed by atoms with Gasteiger partial charge in [0.05, 0.1) is 6.61 Å². The van der Waals surface area contributed by atoms with Gasteiger partial charge in [0.15, 0.2) is 5.76 Å². The van der Waals surface area contributed by atoms with Crippen LogP contribution in [0.4, 0.5) is 0 Å². The molecule has 102 valence electrons. The van der Waals surface area contributed by atoms with Crippen LogP contribution >= 0.6 is 0 Å². The van der Waals surface area contributed by atoms with E-state index in [0.29, 0.717) is 18.0 Å². The number of benzene rings is 1. The average molecular weight is 261 g/mol. The van der Waals surface area contributed by atoms with Crippen molar-refractivity contribution in [3.05, 3.63) is 35.6 Å². The molecule has 0 fully saturated rings. The quantitative estimate of drug-likeness (QED) is 0.899. The predicted molar refractivity (Wildman–Crippen MR) is 74.1 cm³/mol. The highest BCUT2D eigenvalue weighted by atomic mass is 16.5. The smallest absolute Gasteiger partial charge is 0.287 e. The van der Waals surface area contributed by atoms with E-state index in [1.807, 2.05) is 38.1 Å². The molecule has 0 saturated carbocycles. The molecule has 0 spiro atoms. The van der Waals surface area contributed by atoms with E-state index in [2.05, 4.69) is 5.32 Å². The van der Waals surface area contributed by atoms with Gasteiger partial charge in [0.1, 0.15) is 5.58 Å². The maximum absolute atomic E-state index is 12.2.